The molecule has 2 atom stereocenters. The average Bonchev–Trinajstić information content (AvgIpc) is 3.20. The molecule has 1 saturated heterocycles. The minimum atomic E-state index is -0.664. The number of aliphatic hydroxyl groups is 1. The molecule has 164 valence electrons. The molecule has 6 nitrogen and oxygen atoms in total. The summed E-state index contributed by atoms with van der Waals surface area (Å²) in [6.07, 6.45) is 0.348. The lowest BCUT2D eigenvalue weighted by atomic mass is 10.1. The maximum Gasteiger partial charge on any atom is 0.191 e. The Morgan fingerprint density at radius 1 is 1.30 bits per heavy atom. The van der Waals surface area contributed by atoms with Crippen molar-refractivity contribution in [1.29, 1.82) is 0 Å². The number of nitrogens with one attached hydrogen (secondary N) is 2. The lowest BCUT2D eigenvalue weighted by molar-refractivity contribution is 0.187. The number of aliphatic hydroxyl groups excluding tert-OH is 1. The highest BCUT2D eigenvalue weighted by atomic mass is 127. The lowest BCUT2D eigenvalue weighted by Gasteiger charge is -2.21. The molecule has 0 saturated carbocycles. The first kappa shape index (κ1) is 24.6. The molecular formula is C22H30ClIN4O2. The summed E-state index contributed by atoms with van der Waals surface area (Å²) in [6.45, 7) is 4.92. The maximum atomic E-state index is 10.5. The number of hydrogen-bond acceptors (Lipinski definition) is 4. The van der Waals surface area contributed by atoms with Crippen molar-refractivity contribution in [2.75, 3.05) is 38.2 Å². The van der Waals surface area contributed by atoms with E-state index >= 15 is 0 Å². The number of halogens is 2. The first-order valence-corrected chi connectivity index (χ1v) is 10.3. The van der Waals surface area contributed by atoms with E-state index in [2.05, 4.69) is 26.6 Å². The Labute approximate surface area is 200 Å². The molecule has 2 aromatic rings. The molecule has 0 spiro atoms. The number of benzene rings is 2. The normalized spacial score (nSPS) is 17.3. The van der Waals surface area contributed by atoms with E-state index in [1.165, 1.54) is 0 Å². The van der Waals surface area contributed by atoms with Crippen molar-refractivity contribution >= 4 is 47.2 Å². The quantitative estimate of drug-likeness (QED) is 0.281. The van der Waals surface area contributed by atoms with Gasteiger partial charge >= 0.3 is 0 Å². The highest BCUT2D eigenvalue weighted by Gasteiger charge is 2.23. The van der Waals surface area contributed by atoms with Gasteiger partial charge in [0, 0.05) is 36.4 Å². The van der Waals surface area contributed by atoms with Crippen molar-refractivity contribution in [3.05, 3.63) is 59.1 Å². The largest absolute Gasteiger partial charge is 0.497 e. The van der Waals surface area contributed by atoms with Gasteiger partial charge in [0.1, 0.15) is 5.75 Å². The summed E-state index contributed by atoms with van der Waals surface area (Å²) in [5.74, 6) is 1.49. The fourth-order valence-electron chi connectivity index (χ4n) is 3.41. The predicted octanol–water partition coefficient (Wildman–Crippen LogP) is 3.83. The van der Waals surface area contributed by atoms with E-state index in [0.29, 0.717) is 0 Å². The maximum absolute atomic E-state index is 10.5. The van der Waals surface area contributed by atoms with Gasteiger partial charge in [-0.15, -0.1) is 24.0 Å². The third kappa shape index (κ3) is 6.92. The van der Waals surface area contributed by atoms with Crippen LogP contribution in [0.5, 0.6) is 5.75 Å². The summed E-state index contributed by atoms with van der Waals surface area (Å²) in [4.78, 5) is 6.90. The third-order valence-corrected chi connectivity index (χ3v) is 5.20. The number of nitrogens with zero attached hydrogens (tertiary/aromatic N) is 2. The fourth-order valence-corrected chi connectivity index (χ4v) is 3.59. The van der Waals surface area contributed by atoms with Gasteiger partial charge in [-0.05, 0) is 49.2 Å². The molecule has 0 amide bonds. The van der Waals surface area contributed by atoms with Crippen LogP contribution in [-0.4, -0.2) is 50.4 Å². The zero-order chi connectivity index (χ0) is 20.6. The summed E-state index contributed by atoms with van der Waals surface area (Å²) >= 11 is 6.12. The second-order valence-corrected chi connectivity index (χ2v) is 7.50. The monoisotopic (exact) mass is 544 g/mol. The first-order valence-electron chi connectivity index (χ1n) is 9.96. The number of ether oxygens (including phenoxy) is 1. The molecule has 30 heavy (non-hydrogen) atoms. The Kier molecular flexibility index (Phi) is 10.0. The zero-order valence-corrected chi connectivity index (χ0v) is 20.4. The minimum Gasteiger partial charge on any atom is -0.497 e. The van der Waals surface area contributed by atoms with Crippen LogP contribution in [-0.2, 0) is 0 Å². The van der Waals surface area contributed by atoms with Crippen molar-refractivity contribution < 1.29 is 9.84 Å². The van der Waals surface area contributed by atoms with Gasteiger partial charge in [0.05, 0.1) is 19.8 Å². The van der Waals surface area contributed by atoms with Crippen LogP contribution in [0, 0.1) is 0 Å². The molecule has 0 bridgehead atoms. The van der Waals surface area contributed by atoms with E-state index < -0.39 is 6.10 Å². The van der Waals surface area contributed by atoms with E-state index in [1.54, 1.807) is 7.11 Å². The van der Waals surface area contributed by atoms with Gasteiger partial charge in [-0.2, -0.15) is 0 Å². The number of guanidine groups is 1. The number of aliphatic imine (C=N–C) groups is 1. The van der Waals surface area contributed by atoms with Crippen LogP contribution in [0.2, 0.25) is 5.02 Å². The van der Waals surface area contributed by atoms with Crippen LogP contribution in [0.1, 0.15) is 25.0 Å². The van der Waals surface area contributed by atoms with E-state index in [1.807, 2.05) is 49.4 Å². The highest BCUT2D eigenvalue weighted by Crippen LogP contribution is 2.23. The van der Waals surface area contributed by atoms with Gasteiger partial charge in [0.15, 0.2) is 5.96 Å². The molecule has 1 fully saturated rings. The van der Waals surface area contributed by atoms with Gasteiger partial charge in [-0.1, -0.05) is 29.8 Å². The molecule has 1 heterocycles. The van der Waals surface area contributed by atoms with Crippen LogP contribution < -0.4 is 20.3 Å². The highest BCUT2D eigenvalue weighted by molar-refractivity contribution is 14.0. The lowest BCUT2D eigenvalue weighted by Crippen LogP contribution is -2.44. The van der Waals surface area contributed by atoms with Gasteiger partial charge in [0.25, 0.3) is 0 Å². The molecule has 1 aliphatic heterocycles. The molecule has 2 unspecified atom stereocenters. The molecule has 0 aromatic heterocycles. The van der Waals surface area contributed by atoms with E-state index in [-0.39, 0.29) is 36.6 Å². The van der Waals surface area contributed by atoms with Crippen LogP contribution in [0.25, 0.3) is 0 Å². The molecule has 2 aromatic carbocycles. The van der Waals surface area contributed by atoms with Crippen LogP contribution in [0.15, 0.2) is 53.5 Å². The summed E-state index contributed by atoms with van der Waals surface area (Å²) in [7, 11) is 1.63. The number of rotatable bonds is 7. The Balaban J connectivity index is 0.00000320. The van der Waals surface area contributed by atoms with E-state index in [0.717, 1.165) is 54.0 Å². The van der Waals surface area contributed by atoms with Gasteiger partial charge in [-0.25, -0.2) is 0 Å². The molecule has 0 radical (unpaired) electrons. The fraction of sp³-hybridized carbons (Fsp3) is 0.409. The third-order valence-electron chi connectivity index (χ3n) is 4.97. The Hall–Kier alpha value is -1.71. The van der Waals surface area contributed by atoms with Crippen LogP contribution in [0.4, 0.5) is 5.69 Å². The molecular weight excluding hydrogens is 515 g/mol. The second kappa shape index (κ2) is 12.2. The molecule has 3 N–H and O–H groups in total. The Morgan fingerprint density at radius 3 is 2.73 bits per heavy atom. The SMILES string of the molecule is CCNC(=NCC(O)c1ccc(OC)cc1)NC1CCN(c2cccc(Cl)c2)C1.I. The van der Waals surface area contributed by atoms with Crippen molar-refractivity contribution in [3.8, 4) is 5.75 Å². The molecule has 0 aliphatic carbocycles. The predicted molar refractivity (Wildman–Crippen MR) is 135 cm³/mol. The Bertz CT molecular complexity index is 819. The number of anilines is 1. The minimum absolute atomic E-state index is 0. The van der Waals surface area contributed by atoms with Crippen molar-refractivity contribution in [3.63, 3.8) is 0 Å². The Morgan fingerprint density at radius 2 is 2.07 bits per heavy atom. The van der Waals surface area contributed by atoms with Crippen molar-refractivity contribution in [2.24, 2.45) is 4.99 Å². The van der Waals surface area contributed by atoms with Gasteiger partial charge in [-0.3, -0.25) is 4.99 Å². The van der Waals surface area contributed by atoms with Gasteiger partial charge in [0.2, 0.25) is 0 Å². The molecule has 1 aliphatic rings. The number of hydrogen-bond donors (Lipinski definition) is 3. The van der Waals surface area contributed by atoms with E-state index in [4.69, 9.17) is 16.3 Å². The van der Waals surface area contributed by atoms with E-state index in [9.17, 15) is 5.11 Å². The smallest absolute Gasteiger partial charge is 0.191 e. The van der Waals surface area contributed by atoms with Crippen LogP contribution in [0.3, 0.4) is 0 Å². The van der Waals surface area contributed by atoms with Crippen molar-refractivity contribution in [1.82, 2.24) is 10.6 Å². The van der Waals surface area contributed by atoms with Gasteiger partial charge < -0.3 is 25.4 Å². The summed E-state index contributed by atoms with van der Waals surface area (Å²) < 4.78 is 5.16. The van der Waals surface area contributed by atoms with Crippen molar-refractivity contribution in [2.45, 2.75) is 25.5 Å². The topological polar surface area (TPSA) is 69.1 Å². The summed E-state index contributed by atoms with van der Waals surface area (Å²) in [5.41, 5.74) is 1.96. The second-order valence-electron chi connectivity index (χ2n) is 7.06. The summed E-state index contributed by atoms with van der Waals surface area (Å²) in [6, 6.07) is 15.6. The molecule has 8 heteroatoms. The van der Waals surface area contributed by atoms with Crippen LogP contribution >= 0.6 is 35.6 Å². The molecule has 3 rings (SSSR count). The standard InChI is InChI=1S/C22H29ClN4O2.HI/c1-3-24-22(25-14-21(28)16-7-9-20(29-2)10-8-16)26-18-11-12-27(15-18)19-6-4-5-17(23)13-19;/h4-10,13,18,21,28H,3,11-12,14-15H2,1-2H3,(H2,24,25,26);1H. The first-order chi connectivity index (χ1) is 14.1. The number of methoxy groups -OCH3 is 1. The summed E-state index contributed by atoms with van der Waals surface area (Å²) in [5, 5.41) is 18.0. The average molecular weight is 545 g/mol. The zero-order valence-electron chi connectivity index (χ0n) is 17.3.